The van der Waals surface area contributed by atoms with Gasteiger partial charge in [0, 0.05) is 11.6 Å². The summed E-state index contributed by atoms with van der Waals surface area (Å²) in [5, 5.41) is 4.69. The summed E-state index contributed by atoms with van der Waals surface area (Å²) in [6.45, 7) is 0. The molecule has 0 spiro atoms. The Morgan fingerprint density at radius 2 is 2.60 bits per heavy atom. The van der Waals surface area contributed by atoms with Gasteiger partial charge >= 0.3 is 6.03 Å². The Morgan fingerprint density at radius 1 is 1.80 bits per heavy atom. The van der Waals surface area contributed by atoms with Crippen molar-refractivity contribution in [2.75, 3.05) is 5.32 Å². The standard InChI is InChI=1S/C4H6N4OS/c5-8-3(9)7-4-6-1-2-10-4/h1-2H,5H2,(H2,6,7,8,9). The van der Waals surface area contributed by atoms with Crippen LogP contribution in [0.1, 0.15) is 0 Å². The highest BCUT2D eigenvalue weighted by Gasteiger charge is 1.98. The predicted molar refractivity (Wildman–Crippen MR) is 38.5 cm³/mol. The van der Waals surface area contributed by atoms with Crippen LogP contribution in [0.5, 0.6) is 0 Å². The molecule has 10 heavy (non-hydrogen) atoms. The number of carbonyl (C=O) groups excluding carboxylic acids is 1. The van der Waals surface area contributed by atoms with Gasteiger partial charge in [0.15, 0.2) is 5.13 Å². The number of hydrogen-bond donors (Lipinski definition) is 3. The van der Waals surface area contributed by atoms with Crippen molar-refractivity contribution in [3.63, 3.8) is 0 Å². The van der Waals surface area contributed by atoms with Crippen molar-refractivity contribution in [1.82, 2.24) is 10.4 Å². The van der Waals surface area contributed by atoms with Crippen molar-refractivity contribution >= 4 is 22.5 Å². The van der Waals surface area contributed by atoms with Crippen LogP contribution in [0.2, 0.25) is 0 Å². The number of urea groups is 1. The molecule has 1 aromatic heterocycles. The smallest absolute Gasteiger partial charge is 0.283 e. The zero-order valence-electron chi connectivity index (χ0n) is 5.00. The fourth-order valence-corrected chi connectivity index (χ4v) is 0.942. The van der Waals surface area contributed by atoms with E-state index in [1.54, 1.807) is 11.6 Å². The number of amides is 2. The van der Waals surface area contributed by atoms with Crippen molar-refractivity contribution in [3.8, 4) is 0 Å². The van der Waals surface area contributed by atoms with Crippen LogP contribution < -0.4 is 16.6 Å². The van der Waals surface area contributed by atoms with E-state index in [9.17, 15) is 4.79 Å². The summed E-state index contributed by atoms with van der Waals surface area (Å²) in [5.41, 5.74) is 1.92. The van der Waals surface area contributed by atoms with Crippen LogP contribution in [-0.4, -0.2) is 11.0 Å². The number of hydrogen-bond acceptors (Lipinski definition) is 4. The van der Waals surface area contributed by atoms with Gasteiger partial charge < -0.3 is 0 Å². The van der Waals surface area contributed by atoms with Crippen molar-refractivity contribution < 1.29 is 4.79 Å². The maximum Gasteiger partial charge on any atom is 0.335 e. The molecule has 0 saturated carbocycles. The van der Waals surface area contributed by atoms with Gasteiger partial charge in [-0.1, -0.05) is 0 Å². The summed E-state index contributed by atoms with van der Waals surface area (Å²) in [5.74, 6) is 4.80. The fraction of sp³-hybridized carbons (Fsp3) is 0. The summed E-state index contributed by atoms with van der Waals surface area (Å²) in [6.07, 6.45) is 1.59. The first-order valence-electron chi connectivity index (χ1n) is 2.50. The number of aromatic nitrogens is 1. The molecule has 5 nitrogen and oxygen atoms in total. The molecule has 0 unspecified atom stereocenters. The lowest BCUT2D eigenvalue weighted by atomic mass is 10.9. The first kappa shape index (κ1) is 6.97. The van der Waals surface area contributed by atoms with E-state index in [1.165, 1.54) is 11.3 Å². The van der Waals surface area contributed by atoms with Gasteiger partial charge in [-0.15, -0.1) is 11.3 Å². The van der Waals surface area contributed by atoms with Crippen molar-refractivity contribution in [2.45, 2.75) is 0 Å². The number of hydrazine groups is 1. The van der Waals surface area contributed by atoms with E-state index in [0.717, 1.165) is 0 Å². The van der Waals surface area contributed by atoms with Crippen LogP contribution in [0.4, 0.5) is 9.93 Å². The van der Waals surface area contributed by atoms with Gasteiger partial charge in [-0.2, -0.15) is 0 Å². The molecule has 0 radical (unpaired) electrons. The molecule has 0 bridgehead atoms. The van der Waals surface area contributed by atoms with Crippen LogP contribution in [0.25, 0.3) is 0 Å². The highest BCUT2D eigenvalue weighted by molar-refractivity contribution is 7.13. The molecule has 0 aliphatic heterocycles. The fourth-order valence-electron chi connectivity index (χ4n) is 0.418. The van der Waals surface area contributed by atoms with Gasteiger partial charge in [0.05, 0.1) is 0 Å². The lowest BCUT2D eigenvalue weighted by Crippen LogP contribution is -2.34. The molecule has 0 aliphatic rings. The average molecular weight is 158 g/mol. The summed E-state index contributed by atoms with van der Waals surface area (Å²) in [7, 11) is 0. The summed E-state index contributed by atoms with van der Waals surface area (Å²) < 4.78 is 0. The largest absolute Gasteiger partial charge is 0.335 e. The maximum absolute atomic E-state index is 10.5. The molecular formula is C4H6N4OS. The second-order valence-corrected chi connectivity index (χ2v) is 2.33. The van der Waals surface area contributed by atoms with Crippen LogP contribution in [0.3, 0.4) is 0 Å². The van der Waals surface area contributed by atoms with Crippen LogP contribution in [-0.2, 0) is 0 Å². The lowest BCUT2D eigenvalue weighted by molar-refractivity contribution is 0.252. The van der Waals surface area contributed by atoms with E-state index in [2.05, 4.69) is 10.3 Å². The third-order valence-corrected chi connectivity index (χ3v) is 1.47. The van der Waals surface area contributed by atoms with Gasteiger partial charge in [-0.05, 0) is 0 Å². The van der Waals surface area contributed by atoms with Gasteiger partial charge in [-0.25, -0.2) is 15.6 Å². The highest BCUT2D eigenvalue weighted by Crippen LogP contribution is 2.08. The molecular weight excluding hydrogens is 152 g/mol. The Morgan fingerprint density at radius 3 is 3.10 bits per heavy atom. The van der Waals surface area contributed by atoms with Crippen molar-refractivity contribution in [3.05, 3.63) is 11.6 Å². The number of nitrogens with zero attached hydrogens (tertiary/aromatic N) is 1. The SMILES string of the molecule is NNC(=O)Nc1nccs1. The molecule has 54 valence electrons. The van der Waals surface area contributed by atoms with Crippen LogP contribution in [0.15, 0.2) is 11.6 Å². The topological polar surface area (TPSA) is 80.0 Å². The average Bonchev–Trinajstić information content (AvgIpc) is 2.40. The van der Waals surface area contributed by atoms with E-state index in [-0.39, 0.29) is 0 Å². The Balaban J connectivity index is 2.48. The third-order valence-electron chi connectivity index (χ3n) is 0.784. The molecule has 0 fully saturated rings. The third kappa shape index (κ3) is 1.67. The normalized spacial score (nSPS) is 8.90. The number of thiazole rings is 1. The van der Waals surface area contributed by atoms with E-state index >= 15 is 0 Å². The van der Waals surface area contributed by atoms with E-state index in [0.29, 0.717) is 5.13 Å². The number of nitrogens with two attached hydrogens (primary N) is 1. The zero-order valence-corrected chi connectivity index (χ0v) is 5.81. The molecule has 0 atom stereocenters. The van der Waals surface area contributed by atoms with Gasteiger partial charge in [-0.3, -0.25) is 10.7 Å². The highest BCUT2D eigenvalue weighted by atomic mass is 32.1. The predicted octanol–water partition coefficient (Wildman–Crippen LogP) is 0.138. The van der Waals surface area contributed by atoms with E-state index in [4.69, 9.17) is 5.84 Å². The first-order valence-corrected chi connectivity index (χ1v) is 3.38. The number of nitrogens with one attached hydrogen (secondary N) is 2. The zero-order chi connectivity index (χ0) is 7.40. The number of carbonyl (C=O) groups is 1. The second kappa shape index (κ2) is 3.14. The monoisotopic (exact) mass is 158 g/mol. The van der Waals surface area contributed by atoms with Crippen molar-refractivity contribution in [1.29, 1.82) is 0 Å². The summed E-state index contributed by atoms with van der Waals surface area (Å²) >= 11 is 1.33. The summed E-state index contributed by atoms with van der Waals surface area (Å²) in [6, 6.07) is -0.463. The maximum atomic E-state index is 10.5. The Kier molecular flexibility index (Phi) is 2.19. The minimum atomic E-state index is -0.463. The molecule has 4 N–H and O–H groups in total. The van der Waals surface area contributed by atoms with Crippen LogP contribution >= 0.6 is 11.3 Å². The van der Waals surface area contributed by atoms with E-state index < -0.39 is 6.03 Å². The number of rotatable bonds is 1. The lowest BCUT2D eigenvalue weighted by Gasteiger charge is -1.96. The number of anilines is 1. The molecule has 1 heterocycles. The Labute approximate surface area is 61.2 Å². The first-order chi connectivity index (χ1) is 4.83. The molecule has 0 saturated heterocycles. The molecule has 1 aromatic rings. The van der Waals surface area contributed by atoms with Crippen LogP contribution in [0, 0.1) is 0 Å². The minimum Gasteiger partial charge on any atom is -0.283 e. The second-order valence-electron chi connectivity index (χ2n) is 1.44. The Bertz CT molecular complexity index is 209. The van der Waals surface area contributed by atoms with Gasteiger partial charge in [0.1, 0.15) is 0 Å². The van der Waals surface area contributed by atoms with Crippen molar-refractivity contribution in [2.24, 2.45) is 5.84 Å². The molecule has 0 aromatic carbocycles. The molecule has 0 aliphatic carbocycles. The Hall–Kier alpha value is -1.14. The molecule has 6 heteroatoms. The molecule has 1 rings (SSSR count). The van der Waals surface area contributed by atoms with Gasteiger partial charge in [0.2, 0.25) is 0 Å². The quantitative estimate of drug-likeness (QED) is 0.309. The van der Waals surface area contributed by atoms with E-state index in [1.807, 2.05) is 5.43 Å². The molecule has 2 amide bonds. The minimum absolute atomic E-state index is 0.463. The van der Waals surface area contributed by atoms with Gasteiger partial charge in [0.25, 0.3) is 0 Å². The summed E-state index contributed by atoms with van der Waals surface area (Å²) in [4.78, 5) is 14.3.